The molecule has 31 heavy (non-hydrogen) atoms. The molecule has 6 nitrogen and oxygen atoms in total. The summed E-state index contributed by atoms with van der Waals surface area (Å²) in [6, 6.07) is 7.27. The first-order valence-electron chi connectivity index (χ1n) is 12.0. The van der Waals surface area contributed by atoms with Crippen LogP contribution < -0.4 is 9.64 Å². The molecule has 1 aromatic carbocycles. The Morgan fingerprint density at radius 3 is 2.61 bits per heavy atom. The summed E-state index contributed by atoms with van der Waals surface area (Å²) >= 11 is 6.48. The highest BCUT2D eigenvalue weighted by molar-refractivity contribution is 6.32. The number of rotatable bonds is 5. The number of hydrogen-bond acceptors (Lipinski definition) is 6. The van der Waals surface area contributed by atoms with Crippen molar-refractivity contribution in [1.82, 2.24) is 9.80 Å². The Hall–Kier alpha value is -1.50. The molecule has 1 atom stereocenters. The van der Waals surface area contributed by atoms with E-state index < -0.39 is 0 Å². The van der Waals surface area contributed by atoms with Gasteiger partial charge in [-0.15, -0.1) is 0 Å². The van der Waals surface area contributed by atoms with Gasteiger partial charge in [-0.25, -0.2) is 4.99 Å². The van der Waals surface area contributed by atoms with Crippen LogP contribution >= 0.6 is 11.6 Å². The lowest BCUT2D eigenvalue weighted by Gasteiger charge is -2.41. The zero-order chi connectivity index (χ0) is 21.6. The zero-order valence-corrected chi connectivity index (χ0v) is 19.8. The minimum atomic E-state index is 0.188. The number of halogens is 1. The number of anilines is 1. The first-order chi connectivity index (χ1) is 15.2. The number of likely N-dealkylation sites (N-methyl/N-ethyl adjacent to an activating group) is 1. The van der Waals surface area contributed by atoms with Crippen molar-refractivity contribution in [2.75, 3.05) is 45.0 Å². The van der Waals surface area contributed by atoms with Gasteiger partial charge in [0.2, 0.25) is 0 Å². The molecule has 172 valence electrons. The largest absolute Gasteiger partial charge is 0.495 e. The standard InChI is InChI=1S/C24H37ClN4O2/c1-3-27-14-8-11-21(16-27)31-24-26-17-28(19-9-6-4-5-7-10-19)18-29(24)20-12-13-23(30-2)22(25)15-20/h12-13,15,19,21H,3-11,14,16-18H2,1-2H3. The van der Waals surface area contributed by atoms with Gasteiger partial charge in [0.25, 0.3) is 6.02 Å². The van der Waals surface area contributed by atoms with Crippen LogP contribution in [0.4, 0.5) is 5.69 Å². The van der Waals surface area contributed by atoms with E-state index in [1.807, 2.05) is 12.1 Å². The van der Waals surface area contributed by atoms with E-state index in [1.54, 1.807) is 7.11 Å². The molecule has 3 aliphatic rings. The van der Waals surface area contributed by atoms with Crippen molar-refractivity contribution < 1.29 is 9.47 Å². The van der Waals surface area contributed by atoms with Gasteiger partial charge in [-0.05, 0) is 57.0 Å². The number of piperidine rings is 1. The number of benzene rings is 1. The van der Waals surface area contributed by atoms with Gasteiger partial charge in [-0.3, -0.25) is 14.7 Å². The van der Waals surface area contributed by atoms with E-state index >= 15 is 0 Å². The molecule has 4 rings (SSSR count). The number of methoxy groups -OCH3 is 1. The molecular weight excluding hydrogens is 412 g/mol. The first kappa shape index (κ1) is 22.7. The van der Waals surface area contributed by atoms with Crippen LogP contribution in [0.3, 0.4) is 0 Å². The molecule has 7 heteroatoms. The normalized spacial score (nSPS) is 24.5. The van der Waals surface area contributed by atoms with Crippen LogP contribution in [0.5, 0.6) is 5.75 Å². The molecule has 1 unspecified atom stereocenters. The van der Waals surface area contributed by atoms with Crippen LogP contribution in [0, 0.1) is 0 Å². The predicted molar refractivity (Wildman–Crippen MR) is 127 cm³/mol. The van der Waals surface area contributed by atoms with Gasteiger partial charge in [0.1, 0.15) is 11.9 Å². The topological polar surface area (TPSA) is 40.5 Å². The Balaban J connectivity index is 1.55. The van der Waals surface area contributed by atoms with E-state index in [0.29, 0.717) is 23.5 Å². The summed E-state index contributed by atoms with van der Waals surface area (Å²) in [6.45, 7) is 6.92. The number of nitrogens with zero attached hydrogens (tertiary/aromatic N) is 4. The van der Waals surface area contributed by atoms with Crippen molar-refractivity contribution in [2.24, 2.45) is 4.99 Å². The lowest BCUT2D eigenvalue weighted by molar-refractivity contribution is 0.0743. The highest BCUT2D eigenvalue weighted by Crippen LogP contribution is 2.32. The van der Waals surface area contributed by atoms with Crippen LogP contribution in [-0.2, 0) is 4.74 Å². The quantitative estimate of drug-likeness (QED) is 0.595. The summed E-state index contributed by atoms with van der Waals surface area (Å²) in [5.41, 5.74) is 1.01. The summed E-state index contributed by atoms with van der Waals surface area (Å²) in [7, 11) is 1.65. The molecule has 2 fully saturated rings. The fourth-order valence-corrected chi connectivity index (χ4v) is 5.29. The maximum atomic E-state index is 6.52. The number of amidine groups is 1. The van der Waals surface area contributed by atoms with Crippen molar-refractivity contribution >= 4 is 23.3 Å². The summed E-state index contributed by atoms with van der Waals surface area (Å²) in [4.78, 5) is 12.1. The second kappa shape index (κ2) is 10.9. The number of ether oxygens (including phenoxy) is 2. The SMILES string of the molecule is CCN1CCCC(OC2=NCN(C3CCCCCC3)CN2c2ccc(OC)c(Cl)c2)C1. The Kier molecular flexibility index (Phi) is 7.96. The molecule has 1 aromatic rings. The summed E-state index contributed by atoms with van der Waals surface area (Å²) in [6.07, 6.45) is 10.3. The maximum Gasteiger partial charge on any atom is 0.294 e. The Morgan fingerprint density at radius 2 is 1.90 bits per heavy atom. The number of aliphatic imine (C=N–C) groups is 1. The molecule has 2 heterocycles. The molecule has 0 N–H and O–H groups in total. The zero-order valence-electron chi connectivity index (χ0n) is 19.1. The molecule has 0 amide bonds. The van der Waals surface area contributed by atoms with E-state index in [2.05, 4.69) is 27.7 Å². The number of likely N-dealkylation sites (tertiary alicyclic amines) is 1. The highest BCUT2D eigenvalue weighted by atomic mass is 35.5. The monoisotopic (exact) mass is 448 g/mol. The van der Waals surface area contributed by atoms with Gasteiger partial charge >= 0.3 is 0 Å². The highest BCUT2D eigenvalue weighted by Gasteiger charge is 2.31. The molecule has 1 aliphatic carbocycles. The van der Waals surface area contributed by atoms with Crippen LogP contribution in [0.1, 0.15) is 58.3 Å². The van der Waals surface area contributed by atoms with Crippen LogP contribution in [0.2, 0.25) is 5.02 Å². The van der Waals surface area contributed by atoms with Gasteiger partial charge in [0, 0.05) is 18.3 Å². The van der Waals surface area contributed by atoms with E-state index in [4.69, 9.17) is 26.1 Å². The second-order valence-corrected chi connectivity index (χ2v) is 9.39. The van der Waals surface area contributed by atoms with Crippen LogP contribution in [-0.4, -0.2) is 68.0 Å². The van der Waals surface area contributed by atoms with Crippen molar-refractivity contribution in [3.05, 3.63) is 23.2 Å². The summed E-state index contributed by atoms with van der Waals surface area (Å²) in [5.74, 6) is 0.688. The van der Waals surface area contributed by atoms with E-state index in [9.17, 15) is 0 Å². The smallest absolute Gasteiger partial charge is 0.294 e. The fraction of sp³-hybridized carbons (Fsp3) is 0.708. The third-order valence-electron chi connectivity index (χ3n) is 6.91. The second-order valence-electron chi connectivity index (χ2n) is 8.98. The molecule has 1 saturated carbocycles. The van der Waals surface area contributed by atoms with Gasteiger partial charge in [-0.1, -0.05) is 44.2 Å². The van der Waals surface area contributed by atoms with Crippen molar-refractivity contribution in [2.45, 2.75) is 70.4 Å². The molecule has 0 radical (unpaired) electrons. The van der Waals surface area contributed by atoms with Gasteiger partial charge in [-0.2, -0.15) is 0 Å². The Morgan fingerprint density at radius 1 is 1.10 bits per heavy atom. The van der Waals surface area contributed by atoms with Gasteiger partial charge < -0.3 is 9.47 Å². The van der Waals surface area contributed by atoms with Gasteiger partial charge in [0.05, 0.1) is 25.5 Å². The Labute approximate surface area is 192 Å². The molecule has 0 bridgehead atoms. The van der Waals surface area contributed by atoms with E-state index in [0.717, 1.165) is 44.4 Å². The lowest BCUT2D eigenvalue weighted by atomic mass is 10.1. The summed E-state index contributed by atoms with van der Waals surface area (Å²) in [5, 5.41) is 0.612. The van der Waals surface area contributed by atoms with Gasteiger partial charge in [0.15, 0.2) is 0 Å². The van der Waals surface area contributed by atoms with Crippen molar-refractivity contribution in [3.63, 3.8) is 0 Å². The van der Waals surface area contributed by atoms with Crippen LogP contribution in [0.15, 0.2) is 23.2 Å². The molecule has 0 aromatic heterocycles. The van der Waals surface area contributed by atoms with Crippen molar-refractivity contribution in [3.8, 4) is 5.75 Å². The lowest BCUT2D eigenvalue weighted by Crippen LogP contribution is -2.52. The molecule has 2 aliphatic heterocycles. The Bertz CT molecular complexity index is 751. The fourth-order valence-electron chi connectivity index (χ4n) is 5.04. The third-order valence-corrected chi connectivity index (χ3v) is 7.21. The maximum absolute atomic E-state index is 6.52. The minimum Gasteiger partial charge on any atom is -0.495 e. The van der Waals surface area contributed by atoms with Crippen LogP contribution in [0.25, 0.3) is 0 Å². The average molecular weight is 449 g/mol. The molecule has 1 saturated heterocycles. The van der Waals surface area contributed by atoms with E-state index in [-0.39, 0.29) is 6.10 Å². The molecular formula is C24H37ClN4O2. The minimum absolute atomic E-state index is 0.188. The van der Waals surface area contributed by atoms with E-state index in [1.165, 1.54) is 44.9 Å². The molecule has 0 spiro atoms. The number of hydrogen-bond donors (Lipinski definition) is 0. The predicted octanol–water partition coefficient (Wildman–Crippen LogP) is 4.97. The summed E-state index contributed by atoms with van der Waals surface area (Å²) < 4.78 is 11.9. The average Bonchev–Trinajstić information content (AvgIpc) is 3.09. The van der Waals surface area contributed by atoms with Crippen molar-refractivity contribution in [1.29, 1.82) is 0 Å². The first-order valence-corrected chi connectivity index (χ1v) is 12.3. The third kappa shape index (κ3) is 5.65.